The normalized spacial score (nSPS) is 25.1. The van der Waals surface area contributed by atoms with Crippen molar-refractivity contribution in [1.29, 1.82) is 0 Å². The zero-order chi connectivity index (χ0) is 17.9. The third kappa shape index (κ3) is 3.46. The van der Waals surface area contributed by atoms with Crippen LogP contribution in [0.5, 0.6) is 0 Å². The van der Waals surface area contributed by atoms with Gasteiger partial charge in [-0.15, -0.1) is 0 Å². The van der Waals surface area contributed by atoms with E-state index in [0.717, 1.165) is 25.9 Å². The van der Waals surface area contributed by atoms with Crippen LogP contribution in [0.4, 0.5) is 0 Å². The minimum atomic E-state index is -0.0430. The van der Waals surface area contributed by atoms with Gasteiger partial charge in [-0.2, -0.15) is 11.8 Å². The molecule has 1 aliphatic carbocycles. The molecule has 1 aliphatic heterocycles. The average molecular weight is 363 g/mol. The van der Waals surface area contributed by atoms with Crippen LogP contribution < -0.4 is 5.32 Å². The second-order valence-electron chi connectivity index (χ2n) is 7.22. The molecule has 1 aromatic rings. The molecule has 5 heteroatoms. The van der Waals surface area contributed by atoms with E-state index in [1.807, 2.05) is 6.26 Å². The maximum atomic E-state index is 12.3. The number of likely N-dealkylation sites (tertiary alicyclic amines) is 1. The molecule has 2 aliphatic rings. The van der Waals surface area contributed by atoms with Crippen molar-refractivity contribution in [3.8, 4) is 0 Å². The fraction of sp³-hybridized carbons (Fsp3) is 0.650. The van der Waals surface area contributed by atoms with Crippen molar-refractivity contribution in [2.24, 2.45) is 0 Å². The second kappa shape index (κ2) is 8.11. The second-order valence-corrected chi connectivity index (χ2v) is 8.09. The van der Waals surface area contributed by atoms with Crippen LogP contribution in [0.15, 0.2) is 24.3 Å². The van der Waals surface area contributed by atoms with E-state index < -0.39 is 0 Å². The Morgan fingerprint density at radius 3 is 2.72 bits per heavy atom. The standard InChI is InChI=1S/C20H30N2O2S/c1-4-11-22-12-9-20(10-13-22)16-8-6-5-7-15(16)18(19(20)24-2)21-17(23)14-25-3/h5-8,18-19H,4,9-14H2,1-3H3,(H,21,23)/t18-,19+/m1/s1. The Bertz CT molecular complexity index is 599. The number of nitrogens with zero attached hydrogens (tertiary/aromatic N) is 1. The first-order chi connectivity index (χ1) is 12.2. The number of carbonyl (C=O) groups is 1. The highest BCUT2D eigenvalue weighted by molar-refractivity contribution is 7.99. The van der Waals surface area contributed by atoms with Gasteiger partial charge in [0.1, 0.15) is 0 Å². The van der Waals surface area contributed by atoms with Crippen LogP contribution in [0.2, 0.25) is 0 Å². The third-order valence-corrected chi connectivity index (χ3v) is 6.36. The summed E-state index contributed by atoms with van der Waals surface area (Å²) >= 11 is 1.56. The molecule has 0 saturated carbocycles. The van der Waals surface area contributed by atoms with Gasteiger partial charge < -0.3 is 15.0 Å². The number of benzene rings is 1. The lowest BCUT2D eigenvalue weighted by molar-refractivity contribution is -0.120. The summed E-state index contributed by atoms with van der Waals surface area (Å²) in [6.45, 7) is 5.62. The number of methoxy groups -OCH3 is 1. The van der Waals surface area contributed by atoms with Crippen molar-refractivity contribution in [1.82, 2.24) is 10.2 Å². The molecule has 0 bridgehead atoms. The Balaban J connectivity index is 1.90. The van der Waals surface area contributed by atoms with Crippen molar-refractivity contribution in [2.75, 3.05) is 38.8 Å². The first-order valence-electron chi connectivity index (χ1n) is 9.29. The van der Waals surface area contributed by atoms with Crippen LogP contribution in [0.25, 0.3) is 0 Å². The van der Waals surface area contributed by atoms with Gasteiger partial charge in [0.15, 0.2) is 0 Å². The van der Waals surface area contributed by atoms with Crippen LogP contribution in [-0.2, 0) is 14.9 Å². The average Bonchev–Trinajstić information content (AvgIpc) is 2.87. The molecule has 0 aromatic heterocycles. The number of nitrogens with one attached hydrogen (secondary N) is 1. The Kier molecular flexibility index (Phi) is 6.08. The number of piperidine rings is 1. The third-order valence-electron chi connectivity index (χ3n) is 5.81. The fourth-order valence-corrected chi connectivity index (χ4v) is 5.11. The van der Waals surface area contributed by atoms with Gasteiger partial charge in [-0.1, -0.05) is 31.2 Å². The first kappa shape index (κ1) is 18.7. The summed E-state index contributed by atoms with van der Waals surface area (Å²) in [7, 11) is 1.80. The highest BCUT2D eigenvalue weighted by Gasteiger charge is 2.53. The molecule has 1 fully saturated rings. The summed E-state index contributed by atoms with van der Waals surface area (Å²) < 4.78 is 6.03. The zero-order valence-electron chi connectivity index (χ0n) is 15.6. The molecule has 3 rings (SSSR count). The number of thioether (sulfide) groups is 1. The number of ether oxygens (including phenoxy) is 1. The van der Waals surface area contributed by atoms with Crippen LogP contribution in [0.3, 0.4) is 0 Å². The Hall–Kier alpha value is -1.04. The quantitative estimate of drug-likeness (QED) is 0.845. The number of amides is 1. The minimum Gasteiger partial charge on any atom is -0.378 e. The van der Waals surface area contributed by atoms with Gasteiger partial charge in [-0.05, 0) is 56.3 Å². The van der Waals surface area contributed by atoms with E-state index in [1.54, 1.807) is 18.9 Å². The summed E-state index contributed by atoms with van der Waals surface area (Å²) in [4.78, 5) is 14.8. The Labute approximate surface area is 155 Å². The highest BCUT2D eigenvalue weighted by Crippen LogP contribution is 2.52. The SMILES string of the molecule is CCCN1CCC2(CC1)c1ccccc1[C@@H](NC(=O)CSC)[C@@H]2OC. The summed E-state index contributed by atoms with van der Waals surface area (Å²) in [5.74, 6) is 0.585. The maximum Gasteiger partial charge on any atom is 0.230 e. The summed E-state index contributed by atoms with van der Waals surface area (Å²) in [6.07, 6.45) is 5.36. The van der Waals surface area contributed by atoms with Crippen molar-refractivity contribution < 1.29 is 9.53 Å². The Morgan fingerprint density at radius 2 is 2.08 bits per heavy atom. The fourth-order valence-electron chi connectivity index (χ4n) is 4.76. The largest absolute Gasteiger partial charge is 0.378 e. The smallest absolute Gasteiger partial charge is 0.230 e. The van der Waals surface area contributed by atoms with Crippen molar-refractivity contribution >= 4 is 17.7 Å². The zero-order valence-corrected chi connectivity index (χ0v) is 16.4. The topological polar surface area (TPSA) is 41.6 Å². The lowest BCUT2D eigenvalue weighted by atomic mass is 9.72. The molecular weight excluding hydrogens is 332 g/mol. The monoisotopic (exact) mass is 362 g/mol. The van der Waals surface area contributed by atoms with Gasteiger partial charge in [0.2, 0.25) is 5.91 Å². The highest BCUT2D eigenvalue weighted by atomic mass is 32.2. The van der Waals surface area contributed by atoms with Gasteiger partial charge in [-0.25, -0.2) is 0 Å². The lowest BCUT2D eigenvalue weighted by Crippen LogP contribution is -2.50. The van der Waals surface area contributed by atoms with Crippen LogP contribution in [0, 0.1) is 0 Å². The predicted molar refractivity (Wildman–Crippen MR) is 104 cm³/mol. The molecule has 1 spiro atoms. The number of hydrogen-bond acceptors (Lipinski definition) is 4. The molecule has 0 radical (unpaired) electrons. The van der Waals surface area contributed by atoms with E-state index in [-0.39, 0.29) is 23.5 Å². The van der Waals surface area contributed by atoms with Crippen LogP contribution >= 0.6 is 11.8 Å². The molecule has 1 aromatic carbocycles. The van der Waals surface area contributed by atoms with Gasteiger partial charge in [-0.3, -0.25) is 4.79 Å². The molecule has 1 amide bonds. The lowest BCUT2D eigenvalue weighted by Gasteiger charge is -2.44. The summed E-state index contributed by atoms with van der Waals surface area (Å²) in [5, 5.41) is 3.25. The summed E-state index contributed by atoms with van der Waals surface area (Å²) in [5.41, 5.74) is 2.65. The molecule has 1 heterocycles. The van der Waals surface area contributed by atoms with Crippen molar-refractivity contribution in [3.63, 3.8) is 0 Å². The Morgan fingerprint density at radius 1 is 1.36 bits per heavy atom. The van der Waals surface area contributed by atoms with Gasteiger partial charge >= 0.3 is 0 Å². The van der Waals surface area contributed by atoms with Crippen LogP contribution in [0.1, 0.15) is 43.4 Å². The molecule has 4 nitrogen and oxygen atoms in total. The van der Waals surface area contributed by atoms with Crippen molar-refractivity contribution in [3.05, 3.63) is 35.4 Å². The summed E-state index contributed by atoms with van der Waals surface area (Å²) in [6, 6.07) is 8.57. The van der Waals surface area contributed by atoms with Crippen LogP contribution in [-0.4, -0.2) is 55.7 Å². The minimum absolute atomic E-state index is 0.0134. The number of rotatable bonds is 6. The van der Waals surface area contributed by atoms with Gasteiger partial charge in [0.25, 0.3) is 0 Å². The molecule has 1 N–H and O–H groups in total. The molecule has 1 saturated heterocycles. The van der Waals surface area contributed by atoms with E-state index in [1.165, 1.54) is 24.1 Å². The van der Waals surface area contributed by atoms with Crippen molar-refractivity contribution in [2.45, 2.75) is 43.7 Å². The molecular formula is C20H30N2O2S. The van der Waals surface area contributed by atoms with E-state index in [4.69, 9.17) is 4.74 Å². The molecule has 0 unspecified atom stereocenters. The maximum absolute atomic E-state index is 12.3. The van der Waals surface area contributed by atoms with E-state index in [0.29, 0.717) is 5.75 Å². The van der Waals surface area contributed by atoms with E-state index in [9.17, 15) is 4.79 Å². The van der Waals surface area contributed by atoms with E-state index in [2.05, 4.69) is 41.4 Å². The number of carbonyl (C=O) groups excluding carboxylic acids is 1. The number of fused-ring (bicyclic) bond motifs is 2. The molecule has 25 heavy (non-hydrogen) atoms. The molecule has 2 atom stereocenters. The van der Waals surface area contributed by atoms with Gasteiger partial charge in [0.05, 0.1) is 17.9 Å². The first-order valence-corrected chi connectivity index (χ1v) is 10.7. The van der Waals surface area contributed by atoms with E-state index >= 15 is 0 Å². The molecule has 138 valence electrons. The van der Waals surface area contributed by atoms with Gasteiger partial charge in [0, 0.05) is 12.5 Å². The predicted octanol–water partition coefficient (Wildman–Crippen LogP) is 2.98. The number of hydrogen-bond donors (Lipinski definition) is 1.